The Hall–Kier alpha value is -4.13. The number of para-hydroxylation sites is 1. The Kier molecular flexibility index (Phi) is 9.22. The summed E-state index contributed by atoms with van der Waals surface area (Å²) in [4.78, 5) is 34.7. The molecule has 1 N–H and O–H groups in total. The molecule has 0 spiro atoms. The molecule has 0 saturated carbocycles. The van der Waals surface area contributed by atoms with Crippen molar-refractivity contribution in [1.82, 2.24) is 5.32 Å². The minimum atomic E-state index is -1.02. The van der Waals surface area contributed by atoms with E-state index in [1.165, 1.54) is 20.8 Å². The number of aryl methyl sites for hydroxylation is 1. The highest BCUT2D eigenvalue weighted by Gasteiger charge is 2.34. The topological polar surface area (TPSA) is 90.9 Å². The van der Waals surface area contributed by atoms with E-state index in [4.69, 9.17) is 14.2 Å². The number of carbonyl (C=O) groups excluding carboxylic acids is 3. The Balaban J connectivity index is 1.68. The molecule has 0 aliphatic heterocycles. The van der Waals surface area contributed by atoms with E-state index in [1.807, 2.05) is 78.9 Å². The molecule has 0 radical (unpaired) electrons. The molecule has 0 bridgehead atoms. The molecule has 0 unspecified atom stereocenters. The highest BCUT2D eigenvalue weighted by Crippen LogP contribution is 2.26. The zero-order chi connectivity index (χ0) is 26.0. The smallest absolute Gasteiger partial charge is 0.302 e. The Morgan fingerprint density at radius 1 is 0.694 bits per heavy atom. The number of hydrogen-bond acceptors (Lipinski definition) is 6. The van der Waals surface area contributed by atoms with E-state index in [-0.39, 0.29) is 19.1 Å². The van der Waals surface area contributed by atoms with Gasteiger partial charge in [0.2, 0.25) is 5.91 Å². The summed E-state index contributed by atoms with van der Waals surface area (Å²) >= 11 is 0. The zero-order valence-electron chi connectivity index (χ0n) is 20.8. The summed E-state index contributed by atoms with van der Waals surface area (Å²) in [5.74, 6) is 0.294. The van der Waals surface area contributed by atoms with E-state index in [9.17, 15) is 14.4 Å². The van der Waals surface area contributed by atoms with Crippen LogP contribution in [0.2, 0.25) is 0 Å². The SMILES string of the molecule is CC(=O)NC(CCc1ccc(-c2ccc(Oc3ccccc3)cc2)cc1)(COC(C)=O)COC(C)=O. The van der Waals surface area contributed by atoms with Crippen molar-refractivity contribution in [2.75, 3.05) is 13.2 Å². The summed E-state index contributed by atoms with van der Waals surface area (Å²) < 4.78 is 16.3. The van der Waals surface area contributed by atoms with Crippen LogP contribution in [-0.4, -0.2) is 36.6 Å². The standard InChI is InChI=1S/C29H31NO6/c1-21(31)30-29(19-34-22(2)32,20-35-23(3)33)18-17-24-9-11-25(12-10-24)26-13-15-28(16-14-26)36-27-7-5-4-6-8-27/h4-16H,17-20H2,1-3H3,(H,30,31). The zero-order valence-corrected chi connectivity index (χ0v) is 20.8. The fraction of sp³-hybridized carbons (Fsp3) is 0.276. The molecule has 36 heavy (non-hydrogen) atoms. The monoisotopic (exact) mass is 489 g/mol. The lowest BCUT2D eigenvalue weighted by atomic mass is 9.91. The summed E-state index contributed by atoms with van der Waals surface area (Å²) in [5.41, 5.74) is 2.12. The molecule has 0 saturated heterocycles. The molecule has 7 nitrogen and oxygen atoms in total. The van der Waals surface area contributed by atoms with Crippen LogP contribution in [0, 0.1) is 0 Å². The van der Waals surface area contributed by atoms with Gasteiger partial charge in [0.25, 0.3) is 0 Å². The number of rotatable bonds is 11. The predicted octanol–water partition coefficient (Wildman–Crippen LogP) is 5.08. The van der Waals surface area contributed by atoms with Gasteiger partial charge < -0.3 is 19.5 Å². The summed E-state index contributed by atoms with van der Waals surface area (Å²) in [7, 11) is 0. The Bertz CT molecular complexity index is 1140. The predicted molar refractivity (Wildman–Crippen MR) is 137 cm³/mol. The Labute approximate surface area is 211 Å². The van der Waals surface area contributed by atoms with Crippen LogP contribution >= 0.6 is 0 Å². The molecule has 0 fully saturated rings. The minimum absolute atomic E-state index is 0.0926. The first-order valence-corrected chi connectivity index (χ1v) is 11.7. The maximum atomic E-state index is 11.9. The number of nitrogens with one attached hydrogen (secondary N) is 1. The molecule has 7 heteroatoms. The van der Waals surface area contributed by atoms with Crippen molar-refractivity contribution >= 4 is 17.8 Å². The molecule has 3 aromatic rings. The molecule has 0 atom stereocenters. The molecular weight excluding hydrogens is 458 g/mol. The van der Waals surface area contributed by atoms with E-state index in [1.54, 1.807) is 0 Å². The van der Waals surface area contributed by atoms with Crippen LogP contribution in [0.3, 0.4) is 0 Å². The number of hydrogen-bond donors (Lipinski definition) is 1. The largest absolute Gasteiger partial charge is 0.463 e. The summed E-state index contributed by atoms with van der Waals surface area (Å²) in [6.07, 6.45) is 0.991. The van der Waals surface area contributed by atoms with Gasteiger partial charge in [-0.25, -0.2) is 0 Å². The van der Waals surface area contributed by atoms with Crippen molar-refractivity contribution in [3.63, 3.8) is 0 Å². The fourth-order valence-electron chi connectivity index (χ4n) is 3.76. The van der Waals surface area contributed by atoms with E-state index in [2.05, 4.69) is 5.32 Å². The van der Waals surface area contributed by atoms with Crippen molar-refractivity contribution in [1.29, 1.82) is 0 Å². The van der Waals surface area contributed by atoms with Gasteiger partial charge >= 0.3 is 11.9 Å². The van der Waals surface area contributed by atoms with Crippen molar-refractivity contribution in [3.05, 3.63) is 84.4 Å². The molecule has 0 aliphatic carbocycles. The van der Waals surface area contributed by atoms with Crippen LogP contribution in [0.25, 0.3) is 11.1 Å². The summed E-state index contributed by atoms with van der Waals surface area (Å²) in [6.45, 7) is 3.78. The number of esters is 2. The quantitative estimate of drug-likeness (QED) is 0.378. The Morgan fingerprint density at radius 2 is 1.19 bits per heavy atom. The van der Waals surface area contributed by atoms with Crippen molar-refractivity contribution < 1.29 is 28.6 Å². The minimum Gasteiger partial charge on any atom is -0.463 e. The van der Waals surface area contributed by atoms with Gasteiger partial charge in [-0.3, -0.25) is 14.4 Å². The Morgan fingerprint density at radius 3 is 1.69 bits per heavy atom. The van der Waals surface area contributed by atoms with Gasteiger partial charge in [-0.2, -0.15) is 0 Å². The highest BCUT2D eigenvalue weighted by atomic mass is 16.5. The second kappa shape index (κ2) is 12.5. The normalized spacial score (nSPS) is 10.9. The number of benzene rings is 3. The summed E-state index contributed by atoms with van der Waals surface area (Å²) in [6, 6.07) is 25.6. The van der Waals surface area contributed by atoms with Gasteiger partial charge in [-0.15, -0.1) is 0 Å². The van der Waals surface area contributed by atoms with Crippen LogP contribution in [-0.2, 0) is 30.3 Å². The lowest BCUT2D eigenvalue weighted by Crippen LogP contribution is -2.55. The van der Waals surface area contributed by atoms with Gasteiger partial charge in [-0.1, -0.05) is 54.6 Å². The summed E-state index contributed by atoms with van der Waals surface area (Å²) in [5, 5.41) is 2.83. The first-order valence-electron chi connectivity index (χ1n) is 11.7. The highest BCUT2D eigenvalue weighted by molar-refractivity contribution is 5.74. The van der Waals surface area contributed by atoms with E-state index in [0.717, 1.165) is 28.2 Å². The van der Waals surface area contributed by atoms with Gasteiger partial charge in [0, 0.05) is 20.8 Å². The van der Waals surface area contributed by atoms with E-state index >= 15 is 0 Å². The van der Waals surface area contributed by atoms with Gasteiger partial charge in [0.15, 0.2) is 0 Å². The average molecular weight is 490 g/mol. The van der Waals surface area contributed by atoms with Crippen LogP contribution in [0.1, 0.15) is 32.8 Å². The number of carbonyl (C=O) groups is 3. The lowest BCUT2D eigenvalue weighted by Gasteiger charge is -2.33. The maximum Gasteiger partial charge on any atom is 0.302 e. The molecule has 1 amide bonds. The molecule has 3 aromatic carbocycles. The third-order valence-corrected chi connectivity index (χ3v) is 5.56. The van der Waals surface area contributed by atoms with Crippen LogP contribution in [0.5, 0.6) is 11.5 Å². The third-order valence-electron chi connectivity index (χ3n) is 5.56. The first kappa shape index (κ1) is 26.5. The van der Waals surface area contributed by atoms with E-state index in [0.29, 0.717) is 12.8 Å². The van der Waals surface area contributed by atoms with Crippen LogP contribution in [0.15, 0.2) is 78.9 Å². The molecule has 0 aliphatic rings. The van der Waals surface area contributed by atoms with E-state index < -0.39 is 17.5 Å². The molecular formula is C29H31NO6. The van der Waals surface area contributed by atoms with Crippen LogP contribution < -0.4 is 10.1 Å². The number of amides is 1. The number of ether oxygens (including phenoxy) is 3. The molecule has 0 heterocycles. The fourth-order valence-corrected chi connectivity index (χ4v) is 3.76. The third kappa shape index (κ3) is 8.27. The first-order chi connectivity index (χ1) is 17.2. The molecule has 0 aromatic heterocycles. The van der Waals surface area contributed by atoms with Gasteiger partial charge in [-0.05, 0) is 53.8 Å². The van der Waals surface area contributed by atoms with Crippen LogP contribution in [0.4, 0.5) is 0 Å². The molecule has 3 rings (SSSR count). The second-order valence-corrected chi connectivity index (χ2v) is 8.66. The molecule has 188 valence electrons. The van der Waals surface area contributed by atoms with Crippen molar-refractivity contribution in [2.24, 2.45) is 0 Å². The average Bonchev–Trinajstić information content (AvgIpc) is 2.86. The van der Waals surface area contributed by atoms with Gasteiger partial charge in [0.1, 0.15) is 30.3 Å². The van der Waals surface area contributed by atoms with Crippen molar-refractivity contribution in [2.45, 2.75) is 39.2 Å². The lowest BCUT2D eigenvalue weighted by molar-refractivity contribution is -0.150. The maximum absolute atomic E-state index is 11.9. The van der Waals surface area contributed by atoms with Crippen molar-refractivity contribution in [3.8, 4) is 22.6 Å². The second-order valence-electron chi connectivity index (χ2n) is 8.66. The van der Waals surface area contributed by atoms with Gasteiger partial charge in [0.05, 0.1) is 0 Å².